The van der Waals surface area contributed by atoms with E-state index in [9.17, 15) is 0 Å². The molecule has 35 heavy (non-hydrogen) atoms. The van der Waals surface area contributed by atoms with E-state index in [1.807, 2.05) is 24.3 Å². The Morgan fingerprint density at radius 2 is 0.943 bits per heavy atom. The highest BCUT2D eigenvalue weighted by molar-refractivity contribution is 5.85. The minimum absolute atomic E-state index is 0.824. The highest BCUT2D eigenvalue weighted by Gasteiger charge is 2.28. The van der Waals surface area contributed by atoms with Crippen molar-refractivity contribution < 1.29 is 4.74 Å². The van der Waals surface area contributed by atoms with E-state index in [0.29, 0.717) is 0 Å². The SMILES string of the molecule is C=Cc1ccc2c(c1)Cc1c-2ccc(C=C)c1Oc1c(C=C)ccc2c1Cc1cc(C=C)ccc1-2. The van der Waals surface area contributed by atoms with Crippen molar-refractivity contribution >= 4 is 24.3 Å². The maximum Gasteiger partial charge on any atom is 0.138 e. The maximum absolute atomic E-state index is 6.90. The molecule has 6 rings (SSSR count). The van der Waals surface area contributed by atoms with Crippen molar-refractivity contribution in [1.29, 1.82) is 0 Å². The molecule has 0 fully saturated rings. The maximum atomic E-state index is 6.90. The lowest BCUT2D eigenvalue weighted by Crippen LogP contribution is -1.99. The second kappa shape index (κ2) is 8.14. The van der Waals surface area contributed by atoms with Gasteiger partial charge in [0.2, 0.25) is 0 Å². The zero-order chi connectivity index (χ0) is 24.1. The molecule has 0 radical (unpaired) electrons. The molecule has 168 valence electrons. The smallest absolute Gasteiger partial charge is 0.138 e. The number of ether oxygens (including phenoxy) is 1. The third-order valence-electron chi connectivity index (χ3n) is 7.27. The van der Waals surface area contributed by atoms with Crippen LogP contribution < -0.4 is 4.74 Å². The third kappa shape index (κ3) is 3.24. The molecule has 0 unspecified atom stereocenters. The van der Waals surface area contributed by atoms with Crippen LogP contribution in [0.4, 0.5) is 0 Å². The van der Waals surface area contributed by atoms with E-state index in [0.717, 1.165) is 46.6 Å². The van der Waals surface area contributed by atoms with Crippen molar-refractivity contribution in [2.45, 2.75) is 12.8 Å². The summed E-state index contributed by atoms with van der Waals surface area (Å²) in [5.74, 6) is 1.76. The molecule has 0 aliphatic heterocycles. The van der Waals surface area contributed by atoms with Crippen molar-refractivity contribution in [2.75, 3.05) is 0 Å². The molecule has 0 amide bonds. The predicted octanol–water partition coefficient (Wildman–Crippen LogP) is 9.19. The average Bonchev–Trinajstić information content (AvgIpc) is 3.46. The first kappa shape index (κ1) is 21.2. The molecule has 4 aromatic rings. The Kier molecular flexibility index (Phi) is 4.93. The minimum Gasteiger partial charge on any atom is -0.455 e. The molecule has 1 heteroatoms. The summed E-state index contributed by atoms with van der Waals surface area (Å²) in [6.45, 7) is 16.0. The minimum atomic E-state index is 0.824. The summed E-state index contributed by atoms with van der Waals surface area (Å²) in [7, 11) is 0. The van der Waals surface area contributed by atoms with Crippen LogP contribution in [-0.2, 0) is 12.8 Å². The molecule has 0 N–H and O–H groups in total. The fraction of sp³-hybridized carbons (Fsp3) is 0.0588. The number of fused-ring (bicyclic) bond motifs is 6. The van der Waals surface area contributed by atoms with E-state index >= 15 is 0 Å². The van der Waals surface area contributed by atoms with Gasteiger partial charge in [-0.3, -0.25) is 0 Å². The lowest BCUT2D eigenvalue weighted by Gasteiger charge is -2.18. The van der Waals surface area contributed by atoms with Crippen LogP contribution in [0.15, 0.2) is 87.0 Å². The van der Waals surface area contributed by atoms with Gasteiger partial charge in [0.1, 0.15) is 11.5 Å². The molecule has 4 aromatic carbocycles. The largest absolute Gasteiger partial charge is 0.455 e. The number of hydrogen-bond acceptors (Lipinski definition) is 1. The first-order chi connectivity index (χ1) is 17.1. The van der Waals surface area contributed by atoms with Gasteiger partial charge in [-0.25, -0.2) is 0 Å². The van der Waals surface area contributed by atoms with Gasteiger partial charge in [0.15, 0.2) is 0 Å². The Morgan fingerprint density at radius 1 is 0.514 bits per heavy atom. The number of rotatable bonds is 6. The van der Waals surface area contributed by atoms with Gasteiger partial charge in [0.05, 0.1) is 0 Å². The van der Waals surface area contributed by atoms with E-state index in [2.05, 4.69) is 87.0 Å². The van der Waals surface area contributed by atoms with Crippen LogP contribution in [0.2, 0.25) is 0 Å². The summed E-state index contributed by atoms with van der Waals surface area (Å²) in [6.07, 6.45) is 9.21. The van der Waals surface area contributed by atoms with Gasteiger partial charge in [0, 0.05) is 35.1 Å². The summed E-state index contributed by atoms with van der Waals surface area (Å²) in [4.78, 5) is 0. The van der Waals surface area contributed by atoms with Crippen molar-refractivity contribution in [1.82, 2.24) is 0 Å². The first-order valence-electron chi connectivity index (χ1n) is 11.9. The fourth-order valence-electron chi connectivity index (χ4n) is 5.49. The van der Waals surface area contributed by atoms with Gasteiger partial charge in [-0.2, -0.15) is 0 Å². The van der Waals surface area contributed by atoms with Gasteiger partial charge in [0.25, 0.3) is 0 Å². The topological polar surface area (TPSA) is 9.23 Å². The summed E-state index contributed by atoms with van der Waals surface area (Å²) < 4.78 is 6.90. The molecule has 0 heterocycles. The van der Waals surface area contributed by atoms with E-state index in [-0.39, 0.29) is 0 Å². The van der Waals surface area contributed by atoms with Crippen molar-refractivity contribution in [3.8, 4) is 33.8 Å². The molecular formula is C34H26O. The Bertz CT molecular complexity index is 1460. The lowest BCUT2D eigenvalue weighted by atomic mass is 10.00. The highest BCUT2D eigenvalue weighted by atomic mass is 16.5. The van der Waals surface area contributed by atoms with E-state index in [1.165, 1.54) is 44.5 Å². The summed E-state index contributed by atoms with van der Waals surface area (Å²) in [5, 5.41) is 0. The van der Waals surface area contributed by atoms with Crippen LogP contribution >= 0.6 is 0 Å². The summed E-state index contributed by atoms with van der Waals surface area (Å²) >= 11 is 0. The van der Waals surface area contributed by atoms with Gasteiger partial charge in [-0.05, 0) is 44.5 Å². The molecule has 1 nitrogen and oxygen atoms in total. The normalized spacial score (nSPS) is 12.2. The number of hydrogen-bond donors (Lipinski definition) is 0. The van der Waals surface area contributed by atoms with Crippen molar-refractivity contribution in [3.05, 3.63) is 131 Å². The van der Waals surface area contributed by atoms with Crippen LogP contribution in [0.5, 0.6) is 11.5 Å². The quantitative estimate of drug-likeness (QED) is 0.246. The van der Waals surface area contributed by atoms with E-state index < -0.39 is 0 Å². The van der Waals surface area contributed by atoms with Crippen molar-refractivity contribution in [2.24, 2.45) is 0 Å². The monoisotopic (exact) mass is 450 g/mol. The molecule has 0 bridgehead atoms. The Hall–Kier alpha value is -4.36. The molecule has 2 aliphatic rings. The van der Waals surface area contributed by atoms with Crippen LogP contribution in [0.25, 0.3) is 46.6 Å². The highest BCUT2D eigenvalue weighted by Crippen LogP contribution is 2.49. The summed E-state index contributed by atoms with van der Waals surface area (Å²) in [5.41, 5.74) is 14.2. The van der Waals surface area contributed by atoms with Crippen LogP contribution in [0.3, 0.4) is 0 Å². The molecule has 0 aromatic heterocycles. The van der Waals surface area contributed by atoms with Gasteiger partial charge < -0.3 is 4.74 Å². The van der Waals surface area contributed by atoms with Crippen LogP contribution in [-0.4, -0.2) is 0 Å². The van der Waals surface area contributed by atoms with Gasteiger partial charge >= 0.3 is 0 Å². The van der Waals surface area contributed by atoms with Crippen LogP contribution in [0.1, 0.15) is 44.5 Å². The van der Waals surface area contributed by atoms with Gasteiger partial charge in [-0.15, -0.1) is 0 Å². The first-order valence-corrected chi connectivity index (χ1v) is 11.9. The molecule has 0 saturated carbocycles. The Balaban J connectivity index is 1.50. The van der Waals surface area contributed by atoms with E-state index in [1.54, 1.807) is 0 Å². The number of benzene rings is 4. The zero-order valence-electron chi connectivity index (χ0n) is 19.7. The van der Waals surface area contributed by atoms with Crippen LogP contribution in [0, 0.1) is 0 Å². The molecule has 0 saturated heterocycles. The standard InChI is InChI=1S/C34H26O/c1-5-21-9-13-27-25(17-21)19-31-29(27)15-11-23(7-3)33(31)35-34-24(8-4)12-16-30-28-14-10-22(6-2)18-26(28)20-32(30)34/h5-18H,1-4,19-20H2. The van der Waals surface area contributed by atoms with Crippen molar-refractivity contribution in [3.63, 3.8) is 0 Å². The zero-order valence-corrected chi connectivity index (χ0v) is 19.7. The molecule has 0 spiro atoms. The molecular weight excluding hydrogens is 424 g/mol. The second-order valence-electron chi connectivity index (χ2n) is 9.13. The predicted molar refractivity (Wildman–Crippen MR) is 150 cm³/mol. The van der Waals surface area contributed by atoms with Gasteiger partial charge in [-0.1, -0.05) is 111 Å². The second-order valence-corrected chi connectivity index (χ2v) is 9.13. The molecule has 0 atom stereocenters. The Labute approximate surface area is 207 Å². The lowest BCUT2D eigenvalue weighted by molar-refractivity contribution is 0.471. The van der Waals surface area contributed by atoms with E-state index in [4.69, 9.17) is 4.74 Å². The molecule has 2 aliphatic carbocycles. The Morgan fingerprint density at radius 3 is 1.34 bits per heavy atom. The fourth-order valence-corrected chi connectivity index (χ4v) is 5.49. The summed E-state index contributed by atoms with van der Waals surface area (Å²) in [6, 6.07) is 21.7. The average molecular weight is 451 g/mol. The third-order valence-corrected chi connectivity index (χ3v) is 7.27.